The molecule has 0 atom stereocenters. The fourth-order valence-corrected chi connectivity index (χ4v) is 2.45. The van der Waals surface area contributed by atoms with Crippen LogP contribution in [-0.2, 0) is 0 Å². The molecule has 0 fully saturated rings. The van der Waals surface area contributed by atoms with Gasteiger partial charge in [-0.1, -0.05) is 18.6 Å². The van der Waals surface area contributed by atoms with Gasteiger partial charge in [0.2, 0.25) is 0 Å². The Labute approximate surface area is 108 Å². The number of phenolic OH excluding ortho intramolecular Hbond substituents is 1. The average Bonchev–Trinajstić information content (AvgIpc) is 2.31. The molecule has 1 aromatic carbocycles. The molecule has 0 saturated carbocycles. The Hall–Kier alpha value is -1.14. The van der Waals surface area contributed by atoms with Crippen molar-refractivity contribution in [2.24, 2.45) is 5.41 Å². The molecule has 0 bridgehead atoms. The Bertz CT molecular complexity index is 395. The molecule has 0 radical (unpaired) electrons. The molecule has 0 unspecified atom stereocenters. The molecule has 0 heterocycles. The van der Waals surface area contributed by atoms with Crippen LogP contribution < -0.4 is 0 Å². The van der Waals surface area contributed by atoms with Crippen molar-refractivity contribution in [3.63, 3.8) is 0 Å². The summed E-state index contributed by atoms with van der Waals surface area (Å²) in [6.07, 6.45) is 3.07. The van der Waals surface area contributed by atoms with Crippen LogP contribution in [0.1, 0.15) is 33.1 Å². The summed E-state index contributed by atoms with van der Waals surface area (Å²) in [5.41, 5.74) is -0.209. The van der Waals surface area contributed by atoms with E-state index in [4.69, 9.17) is 5.26 Å². The zero-order valence-corrected chi connectivity index (χ0v) is 11.3. The Morgan fingerprint density at radius 1 is 1.29 bits per heavy atom. The van der Waals surface area contributed by atoms with Gasteiger partial charge in [0.05, 0.1) is 11.5 Å². The van der Waals surface area contributed by atoms with Crippen LogP contribution in [0, 0.1) is 16.7 Å². The molecule has 1 rings (SSSR count). The van der Waals surface area contributed by atoms with Gasteiger partial charge in [0.25, 0.3) is 0 Å². The van der Waals surface area contributed by atoms with Crippen LogP contribution >= 0.6 is 11.8 Å². The van der Waals surface area contributed by atoms with Crippen molar-refractivity contribution < 1.29 is 5.11 Å². The molecule has 0 amide bonds. The minimum absolute atomic E-state index is 0.209. The lowest BCUT2D eigenvalue weighted by atomic mass is 9.89. The van der Waals surface area contributed by atoms with Gasteiger partial charge in [0.15, 0.2) is 0 Å². The van der Waals surface area contributed by atoms with E-state index in [-0.39, 0.29) is 5.41 Å². The smallest absolute Gasteiger partial charge is 0.129 e. The number of hydrogen-bond acceptors (Lipinski definition) is 3. The largest absolute Gasteiger partial charge is 0.507 e. The van der Waals surface area contributed by atoms with E-state index in [1.807, 2.05) is 32.0 Å². The summed E-state index contributed by atoms with van der Waals surface area (Å²) in [6.45, 7) is 3.95. The summed E-state index contributed by atoms with van der Waals surface area (Å²) in [5, 5.41) is 18.4. The van der Waals surface area contributed by atoms with E-state index in [9.17, 15) is 5.11 Å². The van der Waals surface area contributed by atoms with Crippen molar-refractivity contribution >= 4 is 11.8 Å². The minimum Gasteiger partial charge on any atom is -0.507 e. The molecule has 1 aromatic rings. The second-order valence-electron chi connectivity index (χ2n) is 4.77. The normalized spacial score (nSPS) is 11.1. The van der Waals surface area contributed by atoms with Crippen molar-refractivity contribution in [3.8, 4) is 11.8 Å². The van der Waals surface area contributed by atoms with Gasteiger partial charge in [-0.2, -0.15) is 5.26 Å². The highest BCUT2D eigenvalue weighted by atomic mass is 32.2. The van der Waals surface area contributed by atoms with Gasteiger partial charge in [-0.25, -0.2) is 0 Å². The SMILES string of the molecule is CC(C)(C#N)CCCCSc1ccccc1O. The van der Waals surface area contributed by atoms with Crippen molar-refractivity contribution in [1.29, 1.82) is 5.26 Å². The lowest BCUT2D eigenvalue weighted by Gasteiger charge is -2.14. The molecular formula is C14H19NOS. The molecule has 0 spiro atoms. The molecule has 1 N–H and O–H groups in total. The first-order chi connectivity index (χ1) is 8.05. The fraction of sp³-hybridized carbons (Fsp3) is 0.500. The van der Waals surface area contributed by atoms with Crippen LogP contribution in [-0.4, -0.2) is 10.9 Å². The summed E-state index contributed by atoms with van der Waals surface area (Å²) in [7, 11) is 0. The first kappa shape index (κ1) is 13.9. The van der Waals surface area contributed by atoms with Gasteiger partial charge < -0.3 is 5.11 Å². The average molecular weight is 249 g/mol. The van der Waals surface area contributed by atoms with Gasteiger partial charge in [0.1, 0.15) is 5.75 Å². The van der Waals surface area contributed by atoms with Crippen LogP contribution in [0.15, 0.2) is 29.2 Å². The predicted molar refractivity (Wildman–Crippen MR) is 72.1 cm³/mol. The fourth-order valence-electron chi connectivity index (χ4n) is 1.49. The van der Waals surface area contributed by atoms with Crippen LogP contribution in [0.3, 0.4) is 0 Å². The third-order valence-electron chi connectivity index (χ3n) is 2.62. The lowest BCUT2D eigenvalue weighted by molar-refractivity contribution is 0.433. The van der Waals surface area contributed by atoms with E-state index < -0.39 is 0 Å². The zero-order chi connectivity index (χ0) is 12.7. The summed E-state index contributed by atoms with van der Waals surface area (Å²) >= 11 is 1.67. The van der Waals surface area contributed by atoms with E-state index in [0.717, 1.165) is 29.9 Å². The predicted octanol–water partition coefficient (Wildman–Crippen LogP) is 4.20. The van der Waals surface area contributed by atoms with Crippen molar-refractivity contribution in [1.82, 2.24) is 0 Å². The van der Waals surface area contributed by atoms with Gasteiger partial charge >= 0.3 is 0 Å². The molecule has 0 aromatic heterocycles. The van der Waals surface area contributed by atoms with E-state index in [1.165, 1.54) is 0 Å². The number of nitrogens with zero attached hydrogens (tertiary/aromatic N) is 1. The first-order valence-electron chi connectivity index (χ1n) is 5.87. The minimum atomic E-state index is -0.209. The van der Waals surface area contributed by atoms with Crippen molar-refractivity contribution in [2.75, 3.05) is 5.75 Å². The summed E-state index contributed by atoms with van der Waals surface area (Å²) in [6, 6.07) is 9.71. The molecular weight excluding hydrogens is 230 g/mol. The van der Waals surface area contributed by atoms with E-state index >= 15 is 0 Å². The maximum Gasteiger partial charge on any atom is 0.129 e. The van der Waals surface area contributed by atoms with Crippen LogP contribution in [0.25, 0.3) is 0 Å². The van der Waals surface area contributed by atoms with Gasteiger partial charge in [-0.3, -0.25) is 0 Å². The number of unbranched alkanes of at least 4 members (excludes halogenated alkanes) is 1. The number of aromatic hydroxyl groups is 1. The van der Waals surface area contributed by atoms with Gasteiger partial charge in [-0.15, -0.1) is 11.8 Å². The molecule has 0 aliphatic carbocycles. The van der Waals surface area contributed by atoms with E-state index in [0.29, 0.717) is 5.75 Å². The second-order valence-corrected chi connectivity index (χ2v) is 5.91. The number of benzene rings is 1. The number of rotatable bonds is 6. The number of nitriles is 1. The molecule has 0 aliphatic heterocycles. The molecule has 17 heavy (non-hydrogen) atoms. The van der Waals surface area contributed by atoms with E-state index in [1.54, 1.807) is 17.8 Å². The van der Waals surface area contributed by atoms with Crippen molar-refractivity contribution in [3.05, 3.63) is 24.3 Å². The van der Waals surface area contributed by atoms with Crippen LogP contribution in [0.5, 0.6) is 5.75 Å². The van der Waals surface area contributed by atoms with E-state index in [2.05, 4.69) is 6.07 Å². The standard InChI is InChI=1S/C14H19NOS/c1-14(2,11-15)9-5-6-10-17-13-8-4-3-7-12(13)16/h3-4,7-8,16H,5-6,9-10H2,1-2H3. The molecule has 0 aliphatic rings. The second kappa shape index (κ2) is 6.56. The highest BCUT2D eigenvalue weighted by molar-refractivity contribution is 7.99. The maximum absolute atomic E-state index is 9.57. The quantitative estimate of drug-likeness (QED) is 0.607. The Morgan fingerprint density at radius 2 is 2.00 bits per heavy atom. The molecule has 3 heteroatoms. The van der Waals surface area contributed by atoms with Gasteiger partial charge in [-0.05, 0) is 44.6 Å². The number of thioether (sulfide) groups is 1. The number of para-hydroxylation sites is 1. The van der Waals surface area contributed by atoms with Crippen LogP contribution in [0.4, 0.5) is 0 Å². The highest BCUT2D eigenvalue weighted by Crippen LogP contribution is 2.29. The third kappa shape index (κ3) is 5.14. The number of phenols is 1. The van der Waals surface area contributed by atoms with Crippen molar-refractivity contribution in [2.45, 2.75) is 38.0 Å². The lowest BCUT2D eigenvalue weighted by Crippen LogP contribution is -2.07. The zero-order valence-electron chi connectivity index (χ0n) is 10.4. The first-order valence-corrected chi connectivity index (χ1v) is 6.86. The monoisotopic (exact) mass is 249 g/mol. The third-order valence-corrected chi connectivity index (χ3v) is 3.77. The molecule has 2 nitrogen and oxygen atoms in total. The summed E-state index contributed by atoms with van der Waals surface area (Å²) in [4.78, 5) is 0.937. The highest BCUT2D eigenvalue weighted by Gasteiger charge is 2.15. The molecule has 92 valence electrons. The Kier molecular flexibility index (Phi) is 5.37. The Morgan fingerprint density at radius 3 is 2.65 bits per heavy atom. The summed E-state index contributed by atoms with van der Waals surface area (Å²) < 4.78 is 0. The topological polar surface area (TPSA) is 44.0 Å². The number of hydrogen-bond donors (Lipinski definition) is 1. The maximum atomic E-state index is 9.57. The Balaban J connectivity index is 2.22. The van der Waals surface area contributed by atoms with Crippen LogP contribution in [0.2, 0.25) is 0 Å². The van der Waals surface area contributed by atoms with Gasteiger partial charge in [0, 0.05) is 4.90 Å². The molecule has 0 saturated heterocycles. The summed E-state index contributed by atoms with van der Waals surface area (Å²) in [5.74, 6) is 1.34.